The molecule has 1 aromatic rings. The van der Waals surface area contributed by atoms with E-state index in [0.717, 1.165) is 18.5 Å². The number of hydrogen-bond acceptors (Lipinski definition) is 2. The van der Waals surface area contributed by atoms with Crippen LogP contribution < -0.4 is 5.32 Å². The van der Waals surface area contributed by atoms with Crippen molar-refractivity contribution in [2.24, 2.45) is 5.92 Å². The van der Waals surface area contributed by atoms with Crippen LogP contribution in [0.25, 0.3) is 6.08 Å². The maximum absolute atomic E-state index is 10.6. The van der Waals surface area contributed by atoms with Gasteiger partial charge >= 0.3 is 0 Å². The molecule has 0 spiro atoms. The highest BCUT2D eigenvalue weighted by Crippen LogP contribution is 2.04. The first-order chi connectivity index (χ1) is 8.08. The van der Waals surface area contributed by atoms with E-state index in [9.17, 15) is 4.79 Å². The molecule has 0 aliphatic heterocycles. The van der Waals surface area contributed by atoms with Gasteiger partial charge in [-0.05, 0) is 12.3 Å². The van der Waals surface area contributed by atoms with Crippen molar-refractivity contribution in [2.75, 3.05) is 6.54 Å². The second kappa shape index (κ2) is 6.89. The van der Waals surface area contributed by atoms with Crippen LogP contribution in [0.15, 0.2) is 18.5 Å². The molecule has 0 aliphatic rings. The summed E-state index contributed by atoms with van der Waals surface area (Å²) < 4.78 is 1.96. The minimum atomic E-state index is 0.0168. The van der Waals surface area contributed by atoms with E-state index in [4.69, 9.17) is 0 Å². The summed E-state index contributed by atoms with van der Waals surface area (Å²) in [5.74, 6) is 0.620. The fourth-order valence-corrected chi connectivity index (χ4v) is 1.49. The zero-order valence-corrected chi connectivity index (χ0v) is 10.8. The number of hydrogen-bond donors (Lipinski definition) is 1. The molecular weight excluding hydrogens is 214 g/mol. The van der Waals surface area contributed by atoms with Crippen LogP contribution in [0.5, 0.6) is 0 Å². The van der Waals surface area contributed by atoms with Gasteiger partial charge in [-0.1, -0.05) is 26.0 Å². The molecule has 17 heavy (non-hydrogen) atoms. The quantitative estimate of drug-likeness (QED) is 0.767. The van der Waals surface area contributed by atoms with E-state index in [2.05, 4.69) is 24.3 Å². The SMILES string of the molecule is CC(=O)NCCC=Cc1cnn(CC(C)C)c1. The van der Waals surface area contributed by atoms with E-state index in [1.54, 1.807) is 0 Å². The van der Waals surface area contributed by atoms with Gasteiger partial charge in [0.05, 0.1) is 6.20 Å². The molecule has 1 aromatic heterocycles. The fourth-order valence-electron chi connectivity index (χ4n) is 1.49. The van der Waals surface area contributed by atoms with E-state index < -0.39 is 0 Å². The lowest BCUT2D eigenvalue weighted by molar-refractivity contribution is -0.118. The third-order valence-corrected chi connectivity index (χ3v) is 2.20. The van der Waals surface area contributed by atoms with Gasteiger partial charge in [-0.25, -0.2) is 0 Å². The van der Waals surface area contributed by atoms with E-state index in [0.29, 0.717) is 12.5 Å². The molecule has 94 valence electrons. The second-order valence-corrected chi connectivity index (χ2v) is 4.56. The lowest BCUT2D eigenvalue weighted by atomic mass is 10.2. The van der Waals surface area contributed by atoms with Gasteiger partial charge in [0, 0.05) is 31.8 Å². The van der Waals surface area contributed by atoms with Crippen LogP contribution in [-0.2, 0) is 11.3 Å². The molecule has 1 N–H and O–H groups in total. The van der Waals surface area contributed by atoms with Crippen molar-refractivity contribution < 1.29 is 4.79 Å². The average Bonchev–Trinajstić information content (AvgIpc) is 2.63. The standard InChI is InChI=1S/C13H21N3O/c1-11(2)9-16-10-13(8-15-16)6-4-5-7-14-12(3)17/h4,6,8,10-11H,5,7,9H2,1-3H3,(H,14,17). The molecule has 0 saturated heterocycles. The van der Waals surface area contributed by atoms with Crippen LogP contribution in [0, 0.1) is 5.92 Å². The molecule has 0 aromatic carbocycles. The van der Waals surface area contributed by atoms with Gasteiger partial charge < -0.3 is 5.32 Å². The monoisotopic (exact) mass is 235 g/mol. The van der Waals surface area contributed by atoms with Gasteiger partial charge in [-0.2, -0.15) is 5.10 Å². The number of carbonyl (C=O) groups is 1. The van der Waals surface area contributed by atoms with Crippen LogP contribution in [0.2, 0.25) is 0 Å². The molecule has 0 unspecified atom stereocenters. The Kier molecular flexibility index (Phi) is 5.46. The number of nitrogens with zero attached hydrogens (tertiary/aromatic N) is 2. The van der Waals surface area contributed by atoms with Crippen molar-refractivity contribution in [3.8, 4) is 0 Å². The van der Waals surface area contributed by atoms with Crippen molar-refractivity contribution in [1.82, 2.24) is 15.1 Å². The highest BCUT2D eigenvalue weighted by molar-refractivity contribution is 5.72. The van der Waals surface area contributed by atoms with Crippen molar-refractivity contribution in [2.45, 2.75) is 33.7 Å². The second-order valence-electron chi connectivity index (χ2n) is 4.56. The van der Waals surface area contributed by atoms with Crippen molar-refractivity contribution in [3.05, 3.63) is 24.0 Å². The lowest BCUT2D eigenvalue weighted by Gasteiger charge is -2.02. The molecule has 0 bridgehead atoms. The highest BCUT2D eigenvalue weighted by atomic mass is 16.1. The zero-order chi connectivity index (χ0) is 12.7. The normalized spacial score (nSPS) is 11.3. The van der Waals surface area contributed by atoms with Gasteiger partial charge in [0.1, 0.15) is 0 Å². The smallest absolute Gasteiger partial charge is 0.216 e. The maximum Gasteiger partial charge on any atom is 0.216 e. The summed E-state index contributed by atoms with van der Waals surface area (Å²) in [5.41, 5.74) is 1.11. The Labute approximate surface area is 103 Å². The van der Waals surface area contributed by atoms with Crippen LogP contribution >= 0.6 is 0 Å². The molecule has 0 fully saturated rings. The Balaban J connectivity index is 2.33. The van der Waals surface area contributed by atoms with Gasteiger partial charge in [-0.3, -0.25) is 9.48 Å². The van der Waals surface area contributed by atoms with Gasteiger partial charge in [0.2, 0.25) is 5.91 Å². The molecule has 4 nitrogen and oxygen atoms in total. The zero-order valence-electron chi connectivity index (χ0n) is 10.8. The van der Waals surface area contributed by atoms with Gasteiger partial charge in [-0.15, -0.1) is 0 Å². The number of amides is 1. The summed E-state index contributed by atoms with van der Waals surface area (Å²) in [6.45, 7) is 7.50. The van der Waals surface area contributed by atoms with Gasteiger partial charge in [0.15, 0.2) is 0 Å². The number of carbonyl (C=O) groups excluding carboxylic acids is 1. The number of aromatic nitrogens is 2. The highest BCUT2D eigenvalue weighted by Gasteiger charge is 1.98. The molecule has 1 heterocycles. The van der Waals surface area contributed by atoms with Crippen LogP contribution in [-0.4, -0.2) is 22.2 Å². The van der Waals surface area contributed by atoms with E-state index in [1.165, 1.54) is 6.92 Å². The van der Waals surface area contributed by atoms with Crippen LogP contribution in [0.3, 0.4) is 0 Å². The summed E-state index contributed by atoms with van der Waals surface area (Å²) in [7, 11) is 0. The Morgan fingerprint density at radius 1 is 1.59 bits per heavy atom. The number of rotatable bonds is 6. The van der Waals surface area contributed by atoms with E-state index in [-0.39, 0.29) is 5.91 Å². The first-order valence-corrected chi connectivity index (χ1v) is 6.01. The fraction of sp³-hybridized carbons (Fsp3) is 0.538. The largest absolute Gasteiger partial charge is 0.356 e. The summed E-state index contributed by atoms with van der Waals surface area (Å²) >= 11 is 0. The molecule has 4 heteroatoms. The van der Waals surface area contributed by atoms with Crippen LogP contribution in [0.1, 0.15) is 32.8 Å². The van der Waals surface area contributed by atoms with Crippen LogP contribution in [0.4, 0.5) is 0 Å². The molecule has 1 amide bonds. The van der Waals surface area contributed by atoms with Gasteiger partial charge in [0.25, 0.3) is 0 Å². The Hall–Kier alpha value is -1.58. The Bertz CT molecular complexity index is 380. The Morgan fingerprint density at radius 2 is 2.35 bits per heavy atom. The maximum atomic E-state index is 10.6. The predicted molar refractivity (Wildman–Crippen MR) is 69.4 cm³/mol. The minimum absolute atomic E-state index is 0.0168. The molecule has 0 atom stereocenters. The summed E-state index contributed by atoms with van der Waals surface area (Å²) in [5, 5.41) is 7.03. The predicted octanol–water partition coefficient (Wildman–Crippen LogP) is 2.08. The molecule has 1 rings (SSSR count). The van der Waals surface area contributed by atoms with Crippen molar-refractivity contribution >= 4 is 12.0 Å². The topological polar surface area (TPSA) is 46.9 Å². The first-order valence-electron chi connectivity index (χ1n) is 6.01. The van der Waals surface area contributed by atoms with Crippen molar-refractivity contribution in [1.29, 1.82) is 0 Å². The third kappa shape index (κ3) is 5.90. The molecule has 0 saturated carbocycles. The molecular formula is C13H21N3O. The summed E-state index contributed by atoms with van der Waals surface area (Å²) in [6, 6.07) is 0. The Morgan fingerprint density at radius 3 is 3.00 bits per heavy atom. The molecule has 0 radical (unpaired) electrons. The molecule has 0 aliphatic carbocycles. The van der Waals surface area contributed by atoms with Crippen molar-refractivity contribution in [3.63, 3.8) is 0 Å². The summed E-state index contributed by atoms with van der Waals surface area (Å²) in [6.07, 6.45) is 8.82. The summed E-state index contributed by atoms with van der Waals surface area (Å²) in [4.78, 5) is 10.6. The minimum Gasteiger partial charge on any atom is -0.356 e. The first kappa shape index (κ1) is 13.5. The van der Waals surface area contributed by atoms with E-state index >= 15 is 0 Å². The lowest BCUT2D eigenvalue weighted by Crippen LogP contribution is -2.20. The third-order valence-electron chi connectivity index (χ3n) is 2.20. The number of nitrogens with one attached hydrogen (secondary N) is 1. The van der Waals surface area contributed by atoms with E-state index in [1.807, 2.05) is 29.2 Å². The average molecular weight is 235 g/mol.